The summed E-state index contributed by atoms with van der Waals surface area (Å²) in [5, 5.41) is 7.93. The van der Waals surface area contributed by atoms with Crippen molar-refractivity contribution in [2.75, 3.05) is 11.2 Å². The van der Waals surface area contributed by atoms with E-state index >= 15 is 0 Å². The highest BCUT2D eigenvalue weighted by Gasteiger charge is 2.31. The Morgan fingerprint density at radius 1 is 1.32 bits per heavy atom. The van der Waals surface area contributed by atoms with Crippen molar-refractivity contribution in [1.82, 2.24) is 14.6 Å². The highest BCUT2D eigenvalue weighted by atomic mass is 35.5. The highest BCUT2D eigenvalue weighted by molar-refractivity contribution is 6.18. The number of hydrogen-bond acceptors (Lipinski definition) is 3. The molecule has 1 N–H and O–H groups in total. The van der Waals surface area contributed by atoms with Crippen molar-refractivity contribution in [3.05, 3.63) is 24.0 Å². The quantitative estimate of drug-likeness (QED) is 0.875. The van der Waals surface area contributed by atoms with Crippen LogP contribution in [0, 0.1) is 6.92 Å². The highest BCUT2D eigenvalue weighted by Crippen LogP contribution is 2.33. The number of fused-ring (bicyclic) bond motifs is 1. The third-order valence-corrected chi connectivity index (χ3v) is 4.49. The van der Waals surface area contributed by atoms with Crippen LogP contribution in [0.2, 0.25) is 0 Å². The maximum Gasteiger partial charge on any atom is 0.157 e. The second-order valence-corrected chi connectivity index (χ2v) is 5.81. The predicted molar refractivity (Wildman–Crippen MR) is 77.9 cm³/mol. The molecule has 0 amide bonds. The average molecular weight is 279 g/mol. The van der Waals surface area contributed by atoms with Gasteiger partial charge >= 0.3 is 0 Å². The molecule has 0 radical (unpaired) electrons. The molecule has 4 nitrogen and oxygen atoms in total. The molecule has 1 aliphatic rings. The van der Waals surface area contributed by atoms with E-state index in [1.165, 1.54) is 24.8 Å². The normalized spacial score (nSPS) is 18.6. The Bertz CT molecular complexity index is 572. The van der Waals surface area contributed by atoms with Gasteiger partial charge in [0.05, 0.1) is 5.54 Å². The van der Waals surface area contributed by atoms with Crippen LogP contribution >= 0.6 is 11.6 Å². The maximum absolute atomic E-state index is 6.24. The van der Waals surface area contributed by atoms with E-state index in [1.54, 1.807) is 6.33 Å². The summed E-state index contributed by atoms with van der Waals surface area (Å²) < 4.78 is 1.86. The Balaban J connectivity index is 1.97. The van der Waals surface area contributed by atoms with Gasteiger partial charge in [-0.15, -0.1) is 11.6 Å². The predicted octanol–water partition coefficient (Wildman–Crippen LogP) is 3.39. The molecule has 3 rings (SSSR count). The SMILES string of the molecule is Cc1cc(NC2(CCl)CCCCC2)n2ncnc2c1. The van der Waals surface area contributed by atoms with Crippen LogP contribution in [0.25, 0.3) is 5.65 Å². The molecule has 0 aliphatic heterocycles. The largest absolute Gasteiger partial charge is 0.363 e. The topological polar surface area (TPSA) is 42.2 Å². The summed E-state index contributed by atoms with van der Waals surface area (Å²) in [5.74, 6) is 1.63. The Labute approximate surface area is 118 Å². The van der Waals surface area contributed by atoms with Crippen molar-refractivity contribution in [2.24, 2.45) is 0 Å². The molecule has 102 valence electrons. The summed E-state index contributed by atoms with van der Waals surface area (Å²) in [5.41, 5.74) is 2.07. The van der Waals surface area contributed by atoms with Gasteiger partial charge in [0.2, 0.25) is 0 Å². The molecule has 0 unspecified atom stereocenters. The van der Waals surface area contributed by atoms with E-state index in [4.69, 9.17) is 11.6 Å². The number of halogens is 1. The molecule has 0 bridgehead atoms. The summed E-state index contributed by atoms with van der Waals surface area (Å²) in [6.45, 7) is 2.08. The molecule has 0 spiro atoms. The summed E-state index contributed by atoms with van der Waals surface area (Å²) >= 11 is 6.24. The number of pyridine rings is 1. The third-order valence-electron chi connectivity index (χ3n) is 3.98. The zero-order valence-corrected chi connectivity index (χ0v) is 12.0. The zero-order valence-electron chi connectivity index (χ0n) is 11.2. The van der Waals surface area contributed by atoms with Gasteiger partial charge in [-0.2, -0.15) is 9.61 Å². The van der Waals surface area contributed by atoms with Gasteiger partial charge in [0.15, 0.2) is 5.65 Å². The standard InChI is InChI=1S/C14H19ClN4/c1-11-7-12-16-10-17-19(12)13(8-11)18-14(9-15)5-3-2-4-6-14/h7-8,10,18H,2-6,9H2,1H3. The molecular weight excluding hydrogens is 260 g/mol. The summed E-state index contributed by atoms with van der Waals surface area (Å²) in [4.78, 5) is 4.26. The van der Waals surface area contributed by atoms with Crippen molar-refractivity contribution in [3.8, 4) is 0 Å². The Morgan fingerprint density at radius 2 is 2.11 bits per heavy atom. The molecule has 0 saturated heterocycles. The van der Waals surface area contributed by atoms with E-state index in [1.807, 2.05) is 10.6 Å². The van der Waals surface area contributed by atoms with Crippen LogP contribution in [-0.4, -0.2) is 26.0 Å². The van der Waals surface area contributed by atoms with Crippen LogP contribution < -0.4 is 5.32 Å². The van der Waals surface area contributed by atoms with Gasteiger partial charge in [-0.05, 0) is 37.5 Å². The van der Waals surface area contributed by atoms with Crippen LogP contribution in [0.3, 0.4) is 0 Å². The lowest BCUT2D eigenvalue weighted by atomic mass is 9.83. The van der Waals surface area contributed by atoms with Gasteiger partial charge in [0.25, 0.3) is 0 Å². The zero-order chi connectivity index (χ0) is 13.3. The minimum atomic E-state index is 0.00643. The smallest absolute Gasteiger partial charge is 0.157 e. The van der Waals surface area contributed by atoms with Crippen molar-refractivity contribution < 1.29 is 0 Å². The fraction of sp³-hybridized carbons (Fsp3) is 0.571. The molecule has 2 aromatic rings. The van der Waals surface area contributed by atoms with E-state index in [-0.39, 0.29) is 5.54 Å². The Hall–Kier alpha value is -1.29. The fourth-order valence-corrected chi connectivity index (χ4v) is 3.27. The van der Waals surface area contributed by atoms with E-state index < -0.39 is 0 Å². The summed E-state index contributed by atoms with van der Waals surface area (Å²) in [6, 6.07) is 4.15. The molecule has 5 heteroatoms. The number of nitrogens with one attached hydrogen (secondary N) is 1. The summed E-state index contributed by atoms with van der Waals surface area (Å²) in [7, 11) is 0. The van der Waals surface area contributed by atoms with Gasteiger partial charge in [-0.25, -0.2) is 4.98 Å². The van der Waals surface area contributed by atoms with Gasteiger partial charge in [-0.3, -0.25) is 0 Å². The number of nitrogens with zero attached hydrogens (tertiary/aromatic N) is 3. The van der Waals surface area contributed by atoms with Crippen molar-refractivity contribution in [2.45, 2.75) is 44.6 Å². The molecule has 1 saturated carbocycles. The third kappa shape index (κ3) is 2.41. The van der Waals surface area contributed by atoms with Crippen LogP contribution in [0.15, 0.2) is 18.5 Å². The van der Waals surface area contributed by atoms with Gasteiger partial charge < -0.3 is 5.32 Å². The lowest BCUT2D eigenvalue weighted by Crippen LogP contribution is -2.42. The van der Waals surface area contributed by atoms with Crippen molar-refractivity contribution >= 4 is 23.1 Å². The van der Waals surface area contributed by atoms with E-state index in [2.05, 4.69) is 28.4 Å². The number of hydrogen-bond donors (Lipinski definition) is 1. The van der Waals surface area contributed by atoms with Crippen molar-refractivity contribution in [1.29, 1.82) is 0 Å². The molecule has 0 aromatic carbocycles. The first-order valence-electron chi connectivity index (χ1n) is 6.87. The second-order valence-electron chi connectivity index (χ2n) is 5.55. The molecule has 2 aromatic heterocycles. The molecule has 2 heterocycles. The first-order valence-corrected chi connectivity index (χ1v) is 7.40. The van der Waals surface area contributed by atoms with E-state index in [0.717, 1.165) is 24.3 Å². The average Bonchev–Trinajstić information content (AvgIpc) is 2.88. The van der Waals surface area contributed by atoms with Gasteiger partial charge in [-0.1, -0.05) is 19.3 Å². The van der Waals surface area contributed by atoms with Crippen LogP contribution in [0.1, 0.15) is 37.7 Å². The Kier molecular flexibility index (Phi) is 3.35. The first kappa shape index (κ1) is 12.7. The number of rotatable bonds is 3. The lowest BCUT2D eigenvalue weighted by Gasteiger charge is -2.37. The number of anilines is 1. The molecular formula is C14H19ClN4. The van der Waals surface area contributed by atoms with Crippen LogP contribution in [-0.2, 0) is 0 Å². The molecule has 1 aliphatic carbocycles. The van der Waals surface area contributed by atoms with Crippen LogP contribution in [0.5, 0.6) is 0 Å². The monoisotopic (exact) mass is 278 g/mol. The Morgan fingerprint density at radius 3 is 2.84 bits per heavy atom. The van der Waals surface area contributed by atoms with Crippen molar-refractivity contribution in [3.63, 3.8) is 0 Å². The van der Waals surface area contributed by atoms with Gasteiger partial charge in [0, 0.05) is 5.88 Å². The maximum atomic E-state index is 6.24. The fourth-order valence-electron chi connectivity index (χ4n) is 2.94. The van der Waals surface area contributed by atoms with Gasteiger partial charge in [0.1, 0.15) is 12.1 Å². The minimum Gasteiger partial charge on any atom is -0.363 e. The molecule has 1 fully saturated rings. The minimum absolute atomic E-state index is 0.00643. The van der Waals surface area contributed by atoms with E-state index in [9.17, 15) is 0 Å². The van der Waals surface area contributed by atoms with E-state index in [0.29, 0.717) is 5.88 Å². The lowest BCUT2D eigenvalue weighted by molar-refractivity contribution is 0.352. The van der Waals surface area contributed by atoms with Crippen LogP contribution in [0.4, 0.5) is 5.82 Å². The number of alkyl halides is 1. The number of aromatic nitrogens is 3. The second kappa shape index (κ2) is 5.00. The molecule has 0 atom stereocenters. The molecule has 19 heavy (non-hydrogen) atoms. The summed E-state index contributed by atoms with van der Waals surface area (Å²) in [6.07, 6.45) is 7.64. The number of aryl methyl sites for hydroxylation is 1. The first-order chi connectivity index (χ1) is 9.22.